The summed E-state index contributed by atoms with van der Waals surface area (Å²) in [6.45, 7) is 5.32. The van der Waals surface area contributed by atoms with E-state index in [9.17, 15) is 4.79 Å². The minimum atomic E-state index is -0.0324. The van der Waals surface area contributed by atoms with Gasteiger partial charge in [0, 0.05) is 7.11 Å². The van der Waals surface area contributed by atoms with Crippen molar-refractivity contribution in [2.45, 2.75) is 19.8 Å². The molecule has 3 nitrogen and oxygen atoms in total. The molecule has 1 aliphatic rings. The number of ether oxygens (including phenoxy) is 1. The minimum Gasteiger partial charge on any atom is -0.383 e. The monoisotopic (exact) mass is 321 g/mol. The topological polar surface area (TPSA) is 29.5 Å². The molecule has 0 saturated carbocycles. The highest BCUT2D eigenvalue weighted by molar-refractivity contribution is 8.26. The van der Waals surface area contributed by atoms with Gasteiger partial charge in [0.05, 0.1) is 18.1 Å². The smallest absolute Gasteiger partial charge is 0.266 e. The standard InChI is InChI=1S/C16H19NO2S2/c1-11(2)13-6-4-12(5-7-13)10-14-15(18)17(8-9-19-3)16(20)21-14/h4-7,10-11H,8-9H2,1-3H3/b14-10+. The molecular formula is C16H19NO2S2. The normalized spacial score (nSPS) is 17.3. The fourth-order valence-electron chi connectivity index (χ4n) is 2.00. The number of carbonyl (C=O) groups excluding carboxylic acids is 1. The van der Waals surface area contributed by atoms with Gasteiger partial charge in [0.25, 0.3) is 5.91 Å². The molecule has 1 saturated heterocycles. The van der Waals surface area contributed by atoms with E-state index in [1.54, 1.807) is 12.0 Å². The maximum Gasteiger partial charge on any atom is 0.266 e. The Morgan fingerprint density at radius 2 is 2.00 bits per heavy atom. The first-order valence-corrected chi connectivity index (χ1v) is 8.09. The Morgan fingerprint density at radius 3 is 2.57 bits per heavy atom. The van der Waals surface area contributed by atoms with Crippen LogP contribution >= 0.6 is 24.0 Å². The van der Waals surface area contributed by atoms with Gasteiger partial charge < -0.3 is 4.74 Å². The molecule has 1 amide bonds. The molecule has 0 aliphatic carbocycles. The van der Waals surface area contributed by atoms with Gasteiger partial charge in [-0.05, 0) is 23.1 Å². The van der Waals surface area contributed by atoms with Crippen molar-refractivity contribution >= 4 is 40.3 Å². The number of thiocarbonyl (C=S) groups is 1. The molecule has 1 aliphatic heterocycles. The van der Waals surface area contributed by atoms with Crippen LogP contribution in [0.5, 0.6) is 0 Å². The molecule has 0 unspecified atom stereocenters. The third-order valence-electron chi connectivity index (χ3n) is 3.29. The SMILES string of the molecule is COCCN1C(=O)/C(=C\c2ccc(C(C)C)cc2)SC1=S. The molecule has 112 valence electrons. The summed E-state index contributed by atoms with van der Waals surface area (Å²) in [7, 11) is 1.61. The average Bonchev–Trinajstić information content (AvgIpc) is 2.72. The molecule has 1 aromatic carbocycles. The number of rotatable bonds is 5. The molecule has 1 fully saturated rings. The van der Waals surface area contributed by atoms with Crippen molar-refractivity contribution in [2.24, 2.45) is 0 Å². The predicted octanol–water partition coefficient (Wildman–Crippen LogP) is 3.66. The summed E-state index contributed by atoms with van der Waals surface area (Å²) in [5, 5.41) is 0. The van der Waals surface area contributed by atoms with Crippen molar-refractivity contribution in [1.82, 2.24) is 4.90 Å². The lowest BCUT2D eigenvalue weighted by Gasteiger charge is -2.12. The average molecular weight is 321 g/mol. The first-order chi connectivity index (χ1) is 10.0. The zero-order valence-corrected chi connectivity index (χ0v) is 14.1. The van der Waals surface area contributed by atoms with Crippen LogP contribution in [0.15, 0.2) is 29.2 Å². The second-order valence-electron chi connectivity index (χ2n) is 5.15. The minimum absolute atomic E-state index is 0.0324. The van der Waals surface area contributed by atoms with E-state index >= 15 is 0 Å². The molecule has 1 aromatic rings. The number of benzene rings is 1. The van der Waals surface area contributed by atoms with E-state index in [1.165, 1.54) is 17.3 Å². The van der Waals surface area contributed by atoms with E-state index in [4.69, 9.17) is 17.0 Å². The fraction of sp³-hybridized carbons (Fsp3) is 0.375. The quantitative estimate of drug-likeness (QED) is 0.611. The van der Waals surface area contributed by atoms with Crippen LogP contribution in [0.2, 0.25) is 0 Å². The zero-order chi connectivity index (χ0) is 15.4. The largest absolute Gasteiger partial charge is 0.383 e. The van der Waals surface area contributed by atoms with Crippen LogP contribution in [0, 0.1) is 0 Å². The van der Waals surface area contributed by atoms with Crippen molar-refractivity contribution in [3.63, 3.8) is 0 Å². The number of nitrogens with zero attached hydrogens (tertiary/aromatic N) is 1. The maximum absolute atomic E-state index is 12.3. The summed E-state index contributed by atoms with van der Waals surface area (Å²) in [6.07, 6.45) is 1.90. The van der Waals surface area contributed by atoms with E-state index in [0.717, 1.165) is 5.56 Å². The highest BCUT2D eigenvalue weighted by atomic mass is 32.2. The second kappa shape index (κ2) is 7.20. The van der Waals surface area contributed by atoms with Gasteiger partial charge in [-0.25, -0.2) is 0 Å². The lowest BCUT2D eigenvalue weighted by atomic mass is 10.0. The van der Waals surface area contributed by atoms with Crippen LogP contribution in [0.4, 0.5) is 0 Å². The third kappa shape index (κ3) is 3.93. The molecular weight excluding hydrogens is 302 g/mol. The number of hydrogen-bond donors (Lipinski definition) is 0. The van der Waals surface area contributed by atoms with Crippen molar-refractivity contribution in [2.75, 3.05) is 20.3 Å². The van der Waals surface area contributed by atoms with E-state index in [1.807, 2.05) is 18.2 Å². The summed E-state index contributed by atoms with van der Waals surface area (Å²) >= 11 is 6.60. The molecule has 0 radical (unpaired) electrons. The number of amides is 1. The Kier molecular flexibility index (Phi) is 5.56. The van der Waals surface area contributed by atoms with Crippen LogP contribution in [0.3, 0.4) is 0 Å². The van der Waals surface area contributed by atoms with Gasteiger partial charge in [-0.2, -0.15) is 0 Å². The first kappa shape index (κ1) is 16.2. The van der Waals surface area contributed by atoms with Crippen molar-refractivity contribution in [3.05, 3.63) is 40.3 Å². The van der Waals surface area contributed by atoms with Gasteiger partial charge in [0.15, 0.2) is 0 Å². The van der Waals surface area contributed by atoms with E-state index < -0.39 is 0 Å². The number of hydrogen-bond acceptors (Lipinski definition) is 4. The Balaban J connectivity index is 2.14. The molecule has 0 aromatic heterocycles. The molecule has 0 bridgehead atoms. The molecule has 2 rings (SSSR count). The Labute approximate surface area is 135 Å². The Bertz CT molecular complexity index is 564. The second-order valence-corrected chi connectivity index (χ2v) is 6.82. The van der Waals surface area contributed by atoms with Crippen LogP contribution in [0.1, 0.15) is 30.9 Å². The van der Waals surface area contributed by atoms with Crippen molar-refractivity contribution in [3.8, 4) is 0 Å². The molecule has 21 heavy (non-hydrogen) atoms. The lowest BCUT2D eigenvalue weighted by Crippen LogP contribution is -2.31. The summed E-state index contributed by atoms with van der Waals surface area (Å²) in [5.41, 5.74) is 2.31. The molecule has 1 heterocycles. The van der Waals surface area contributed by atoms with E-state index in [-0.39, 0.29) is 5.91 Å². The summed E-state index contributed by atoms with van der Waals surface area (Å²) in [4.78, 5) is 14.6. The van der Waals surface area contributed by atoms with Gasteiger partial charge in [-0.3, -0.25) is 9.69 Å². The van der Waals surface area contributed by atoms with Crippen LogP contribution < -0.4 is 0 Å². The molecule has 0 N–H and O–H groups in total. The van der Waals surface area contributed by atoms with Crippen LogP contribution in [0.25, 0.3) is 6.08 Å². The van der Waals surface area contributed by atoms with Gasteiger partial charge >= 0.3 is 0 Å². The van der Waals surface area contributed by atoms with Gasteiger partial charge in [-0.1, -0.05) is 62.1 Å². The zero-order valence-electron chi connectivity index (χ0n) is 12.5. The van der Waals surface area contributed by atoms with Gasteiger partial charge in [-0.15, -0.1) is 0 Å². The summed E-state index contributed by atoms with van der Waals surface area (Å²) in [5.74, 6) is 0.473. The van der Waals surface area contributed by atoms with Crippen LogP contribution in [-0.2, 0) is 9.53 Å². The molecule has 5 heteroatoms. The highest BCUT2D eigenvalue weighted by Crippen LogP contribution is 2.32. The lowest BCUT2D eigenvalue weighted by molar-refractivity contribution is -0.122. The van der Waals surface area contributed by atoms with E-state index in [2.05, 4.69) is 26.0 Å². The van der Waals surface area contributed by atoms with Crippen molar-refractivity contribution in [1.29, 1.82) is 0 Å². The first-order valence-electron chi connectivity index (χ1n) is 6.87. The fourth-order valence-corrected chi connectivity index (χ4v) is 3.31. The molecule has 0 spiro atoms. The predicted molar refractivity (Wildman–Crippen MR) is 92.3 cm³/mol. The summed E-state index contributed by atoms with van der Waals surface area (Å²) < 4.78 is 5.61. The number of thioether (sulfide) groups is 1. The number of methoxy groups -OCH3 is 1. The van der Waals surface area contributed by atoms with E-state index in [0.29, 0.717) is 28.3 Å². The van der Waals surface area contributed by atoms with Gasteiger partial charge in [0.2, 0.25) is 0 Å². The maximum atomic E-state index is 12.3. The van der Waals surface area contributed by atoms with Crippen molar-refractivity contribution < 1.29 is 9.53 Å². The number of carbonyl (C=O) groups is 1. The molecule has 0 atom stereocenters. The Hall–Kier alpha value is -1.17. The third-order valence-corrected chi connectivity index (χ3v) is 4.67. The van der Waals surface area contributed by atoms with Gasteiger partial charge in [0.1, 0.15) is 4.32 Å². The Morgan fingerprint density at radius 1 is 1.33 bits per heavy atom. The highest BCUT2D eigenvalue weighted by Gasteiger charge is 2.31. The van der Waals surface area contributed by atoms with Crippen LogP contribution in [-0.4, -0.2) is 35.4 Å². The summed E-state index contributed by atoms with van der Waals surface area (Å²) in [6, 6.07) is 8.28.